The minimum Gasteiger partial charge on any atom is -0.261 e. The molecule has 0 bridgehead atoms. The lowest BCUT2D eigenvalue weighted by molar-refractivity contribution is 0.601. The molecule has 0 saturated carbocycles. The van der Waals surface area contributed by atoms with Gasteiger partial charge in [-0.1, -0.05) is 6.07 Å². The molecule has 2 N–H and O–H groups in total. The van der Waals surface area contributed by atoms with E-state index in [-0.39, 0.29) is 10.7 Å². The van der Waals surface area contributed by atoms with Gasteiger partial charge in [0.1, 0.15) is 0 Å². The Morgan fingerprint density at radius 1 is 1.24 bits per heavy atom. The van der Waals surface area contributed by atoms with Gasteiger partial charge in [0.2, 0.25) is 0 Å². The molecule has 17 heavy (non-hydrogen) atoms. The summed E-state index contributed by atoms with van der Waals surface area (Å²) in [4.78, 5) is 0.212. The van der Waals surface area contributed by atoms with Gasteiger partial charge in [0.25, 0.3) is 10.0 Å². The van der Waals surface area contributed by atoms with Gasteiger partial charge in [0, 0.05) is 0 Å². The molecule has 0 atom stereocenters. The van der Waals surface area contributed by atoms with E-state index in [9.17, 15) is 8.42 Å². The van der Waals surface area contributed by atoms with Gasteiger partial charge < -0.3 is 0 Å². The number of aromatic nitrogens is 3. The highest BCUT2D eigenvalue weighted by Crippen LogP contribution is 2.17. The maximum Gasteiger partial charge on any atom is 0.263 e. The number of nitrogens with zero attached hydrogens (tertiary/aromatic N) is 2. The second-order valence-corrected chi connectivity index (χ2v) is 5.39. The number of nitrogens with one attached hydrogen (secondary N) is 2. The number of rotatable bonds is 3. The smallest absolute Gasteiger partial charge is 0.261 e. The summed E-state index contributed by atoms with van der Waals surface area (Å²) < 4.78 is 26.3. The van der Waals surface area contributed by atoms with Crippen LogP contribution in [0.1, 0.15) is 11.1 Å². The van der Waals surface area contributed by atoms with Gasteiger partial charge in [-0.25, -0.2) is 8.42 Å². The van der Waals surface area contributed by atoms with Crippen LogP contribution in [0.15, 0.2) is 29.3 Å². The molecule has 0 aliphatic carbocycles. The Morgan fingerprint density at radius 2 is 2.00 bits per heavy atom. The van der Waals surface area contributed by atoms with Gasteiger partial charge in [0.05, 0.1) is 11.1 Å². The lowest BCUT2D eigenvalue weighted by Gasteiger charge is -2.07. The maximum atomic E-state index is 12.0. The topological polar surface area (TPSA) is 87.7 Å². The molecule has 0 amide bonds. The fourth-order valence-electron chi connectivity index (χ4n) is 1.33. The molecule has 7 heteroatoms. The van der Waals surface area contributed by atoms with Gasteiger partial charge in [-0.2, -0.15) is 10.3 Å². The summed E-state index contributed by atoms with van der Waals surface area (Å²) >= 11 is 0. The molecular formula is C10H12N4O2S. The summed E-state index contributed by atoms with van der Waals surface area (Å²) in [7, 11) is -3.59. The Kier molecular flexibility index (Phi) is 2.84. The van der Waals surface area contributed by atoms with Crippen LogP contribution >= 0.6 is 0 Å². The average molecular weight is 252 g/mol. The summed E-state index contributed by atoms with van der Waals surface area (Å²) in [6.07, 6.45) is 1.30. The summed E-state index contributed by atoms with van der Waals surface area (Å²) in [5.74, 6) is 0.170. The van der Waals surface area contributed by atoms with Gasteiger partial charge in [0.15, 0.2) is 5.82 Å². The van der Waals surface area contributed by atoms with Crippen molar-refractivity contribution in [3.63, 3.8) is 0 Å². The molecule has 1 aromatic carbocycles. The second-order valence-electron chi connectivity index (χ2n) is 3.71. The second kappa shape index (κ2) is 4.17. The molecule has 6 nitrogen and oxygen atoms in total. The molecule has 90 valence electrons. The third-order valence-corrected chi connectivity index (χ3v) is 3.80. The third kappa shape index (κ3) is 2.44. The molecule has 0 unspecified atom stereocenters. The number of sulfonamides is 1. The molecule has 2 aromatic rings. The Morgan fingerprint density at radius 3 is 2.59 bits per heavy atom. The van der Waals surface area contributed by atoms with Crippen molar-refractivity contribution in [1.82, 2.24) is 15.4 Å². The molecule has 0 aliphatic heterocycles. The van der Waals surface area contributed by atoms with E-state index in [2.05, 4.69) is 20.1 Å². The molecule has 1 heterocycles. The van der Waals surface area contributed by atoms with Crippen LogP contribution < -0.4 is 4.72 Å². The van der Waals surface area contributed by atoms with E-state index in [1.54, 1.807) is 18.2 Å². The van der Waals surface area contributed by atoms with Crippen LogP contribution in [0, 0.1) is 13.8 Å². The van der Waals surface area contributed by atoms with Gasteiger partial charge in [-0.3, -0.25) is 4.72 Å². The van der Waals surface area contributed by atoms with E-state index in [4.69, 9.17) is 0 Å². The predicted molar refractivity (Wildman–Crippen MR) is 63.1 cm³/mol. The van der Waals surface area contributed by atoms with Crippen molar-refractivity contribution in [3.8, 4) is 0 Å². The summed E-state index contributed by atoms with van der Waals surface area (Å²) in [5.41, 5.74) is 1.97. The van der Waals surface area contributed by atoms with E-state index < -0.39 is 10.0 Å². The molecule has 0 radical (unpaired) electrons. The number of aromatic amines is 1. The van der Waals surface area contributed by atoms with E-state index in [1.807, 2.05) is 13.8 Å². The SMILES string of the molecule is Cc1ccc(S(=O)(=O)Nc2cn[nH]n2)cc1C. The zero-order valence-corrected chi connectivity index (χ0v) is 10.2. The Labute approximate surface area is 99.1 Å². The molecular weight excluding hydrogens is 240 g/mol. The first-order chi connectivity index (χ1) is 7.99. The monoisotopic (exact) mass is 252 g/mol. The van der Waals surface area contributed by atoms with E-state index >= 15 is 0 Å². The number of anilines is 1. The van der Waals surface area contributed by atoms with Gasteiger partial charge >= 0.3 is 0 Å². The van der Waals surface area contributed by atoms with Crippen LogP contribution in [0.25, 0.3) is 0 Å². The largest absolute Gasteiger partial charge is 0.263 e. The highest BCUT2D eigenvalue weighted by atomic mass is 32.2. The van der Waals surface area contributed by atoms with E-state index in [0.29, 0.717) is 0 Å². The molecule has 2 rings (SSSR count). The van der Waals surface area contributed by atoms with Crippen molar-refractivity contribution in [2.45, 2.75) is 18.7 Å². The standard InChI is InChI=1S/C10H12N4O2S/c1-7-3-4-9(5-8(7)2)17(15,16)13-10-6-11-14-12-10/h3-6H,1-2H3,(H2,11,12,13,14). The third-order valence-electron chi connectivity index (χ3n) is 2.44. The Balaban J connectivity index is 2.35. The van der Waals surface area contributed by atoms with Crippen LogP contribution in [-0.4, -0.2) is 23.8 Å². The molecule has 0 spiro atoms. The average Bonchev–Trinajstić information content (AvgIpc) is 2.73. The van der Waals surface area contributed by atoms with Crippen LogP contribution in [0.5, 0.6) is 0 Å². The lowest BCUT2D eigenvalue weighted by Crippen LogP contribution is -2.13. The van der Waals surface area contributed by atoms with Crippen molar-refractivity contribution in [1.29, 1.82) is 0 Å². The van der Waals surface area contributed by atoms with Crippen molar-refractivity contribution in [2.24, 2.45) is 0 Å². The lowest BCUT2D eigenvalue weighted by atomic mass is 10.1. The van der Waals surface area contributed by atoms with E-state index in [0.717, 1.165) is 11.1 Å². The number of hydrogen-bond acceptors (Lipinski definition) is 4. The number of benzene rings is 1. The predicted octanol–water partition coefficient (Wildman–Crippen LogP) is 1.22. The highest BCUT2D eigenvalue weighted by Gasteiger charge is 2.15. The van der Waals surface area contributed by atoms with Crippen molar-refractivity contribution >= 4 is 15.8 Å². The van der Waals surface area contributed by atoms with Crippen molar-refractivity contribution in [2.75, 3.05) is 4.72 Å². The number of hydrogen-bond donors (Lipinski definition) is 2. The first kappa shape index (κ1) is 11.6. The van der Waals surface area contributed by atoms with Crippen LogP contribution in [-0.2, 0) is 10.0 Å². The van der Waals surface area contributed by atoms with Crippen molar-refractivity contribution < 1.29 is 8.42 Å². The zero-order valence-electron chi connectivity index (χ0n) is 9.43. The first-order valence-electron chi connectivity index (χ1n) is 4.95. The van der Waals surface area contributed by atoms with E-state index in [1.165, 1.54) is 6.20 Å². The minimum atomic E-state index is -3.59. The Hall–Kier alpha value is -1.89. The number of aryl methyl sites for hydroxylation is 2. The normalized spacial score (nSPS) is 11.4. The first-order valence-corrected chi connectivity index (χ1v) is 6.43. The maximum absolute atomic E-state index is 12.0. The zero-order chi connectivity index (χ0) is 12.5. The molecule has 1 aromatic heterocycles. The van der Waals surface area contributed by atoms with Crippen molar-refractivity contribution in [3.05, 3.63) is 35.5 Å². The van der Waals surface area contributed by atoms with Gasteiger partial charge in [-0.15, -0.1) is 5.10 Å². The summed E-state index contributed by atoms with van der Waals surface area (Å²) in [6.45, 7) is 3.79. The summed E-state index contributed by atoms with van der Waals surface area (Å²) in [6, 6.07) is 4.95. The number of H-pyrrole nitrogens is 1. The van der Waals surface area contributed by atoms with Crippen LogP contribution in [0.4, 0.5) is 5.82 Å². The highest BCUT2D eigenvalue weighted by molar-refractivity contribution is 7.92. The quantitative estimate of drug-likeness (QED) is 0.859. The van der Waals surface area contributed by atoms with Crippen LogP contribution in [0.2, 0.25) is 0 Å². The molecule has 0 saturated heterocycles. The fourth-order valence-corrected chi connectivity index (χ4v) is 2.40. The Bertz CT molecular complexity index is 620. The van der Waals surface area contributed by atoms with Gasteiger partial charge in [-0.05, 0) is 37.1 Å². The molecule has 0 aliphatic rings. The van der Waals surface area contributed by atoms with Crippen LogP contribution in [0.3, 0.4) is 0 Å². The minimum absolute atomic E-state index is 0.170. The summed E-state index contributed by atoms with van der Waals surface area (Å²) in [5, 5.41) is 9.51. The molecule has 0 fully saturated rings. The fraction of sp³-hybridized carbons (Fsp3) is 0.200.